The fourth-order valence-corrected chi connectivity index (χ4v) is 3.31. The molecule has 7 nitrogen and oxygen atoms in total. The number of hydrogen-bond acceptors (Lipinski definition) is 5. The van der Waals surface area contributed by atoms with Gasteiger partial charge in [0.2, 0.25) is 0 Å². The first-order chi connectivity index (χ1) is 7.96. The maximum atomic E-state index is 11.6. The summed E-state index contributed by atoms with van der Waals surface area (Å²) in [5.41, 5.74) is -0.334. The molecular formula is C9H11N3O4S. The molecule has 1 saturated heterocycles. The van der Waals surface area contributed by atoms with Crippen LogP contribution in [-0.4, -0.2) is 42.1 Å². The Morgan fingerprint density at radius 1 is 1.47 bits per heavy atom. The molecule has 0 radical (unpaired) electrons. The van der Waals surface area contributed by atoms with E-state index in [0.717, 1.165) is 0 Å². The van der Waals surface area contributed by atoms with Gasteiger partial charge in [-0.1, -0.05) is 0 Å². The van der Waals surface area contributed by atoms with Crippen molar-refractivity contribution in [1.29, 1.82) is 0 Å². The molecule has 1 aliphatic rings. The molecule has 1 amide bonds. The van der Waals surface area contributed by atoms with E-state index in [0.29, 0.717) is 6.42 Å². The van der Waals surface area contributed by atoms with Gasteiger partial charge in [0, 0.05) is 12.1 Å². The molecular weight excluding hydrogens is 246 g/mol. The van der Waals surface area contributed by atoms with Crippen molar-refractivity contribution in [2.45, 2.75) is 12.5 Å². The van der Waals surface area contributed by atoms with Gasteiger partial charge >= 0.3 is 0 Å². The van der Waals surface area contributed by atoms with Crippen LogP contribution in [0.3, 0.4) is 0 Å². The monoisotopic (exact) mass is 257 g/mol. The van der Waals surface area contributed by atoms with E-state index in [2.05, 4.69) is 15.5 Å². The average molecular weight is 257 g/mol. The van der Waals surface area contributed by atoms with Crippen LogP contribution in [0.2, 0.25) is 0 Å². The zero-order chi connectivity index (χ0) is 12.5. The Labute approximate surface area is 97.2 Å². The van der Waals surface area contributed by atoms with E-state index in [1.807, 2.05) is 0 Å². The van der Waals surface area contributed by atoms with Crippen LogP contribution in [0, 0.1) is 0 Å². The van der Waals surface area contributed by atoms with Gasteiger partial charge in [0.1, 0.15) is 5.69 Å². The lowest BCUT2D eigenvalue weighted by Crippen LogP contribution is -2.36. The molecule has 0 saturated carbocycles. The van der Waals surface area contributed by atoms with Crippen molar-refractivity contribution >= 4 is 15.7 Å². The third-order valence-corrected chi connectivity index (χ3v) is 4.25. The molecule has 0 spiro atoms. The van der Waals surface area contributed by atoms with E-state index >= 15 is 0 Å². The molecule has 0 unspecified atom stereocenters. The van der Waals surface area contributed by atoms with E-state index in [1.54, 1.807) is 0 Å². The number of carbonyl (C=O) groups is 1. The van der Waals surface area contributed by atoms with Crippen molar-refractivity contribution in [3.63, 3.8) is 0 Å². The van der Waals surface area contributed by atoms with Crippen molar-refractivity contribution in [3.8, 4) is 0 Å². The minimum Gasteiger partial charge on any atom is -0.347 e. The van der Waals surface area contributed by atoms with Crippen LogP contribution in [0.1, 0.15) is 16.9 Å². The summed E-state index contributed by atoms with van der Waals surface area (Å²) >= 11 is 0. The SMILES string of the molecule is O=C(N[C@@H]1CCS(=O)(=O)C1)c1ccc(=O)[nH]n1. The number of H-pyrrole nitrogens is 1. The van der Waals surface area contributed by atoms with Crippen LogP contribution >= 0.6 is 0 Å². The van der Waals surface area contributed by atoms with Gasteiger partial charge in [-0.25, -0.2) is 13.5 Å². The van der Waals surface area contributed by atoms with Crippen LogP contribution in [0.5, 0.6) is 0 Å². The van der Waals surface area contributed by atoms with Crippen molar-refractivity contribution < 1.29 is 13.2 Å². The number of nitrogens with zero attached hydrogens (tertiary/aromatic N) is 1. The number of sulfone groups is 1. The van der Waals surface area contributed by atoms with Crippen LogP contribution < -0.4 is 10.9 Å². The van der Waals surface area contributed by atoms with Gasteiger partial charge in [0.05, 0.1) is 11.5 Å². The normalized spacial score (nSPS) is 22.2. The van der Waals surface area contributed by atoms with E-state index in [9.17, 15) is 18.0 Å². The highest BCUT2D eigenvalue weighted by Gasteiger charge is 2.29. The third-order valence-electron chi connectivity index (χ3n) is 2.48. The zero-order valence-corrected chi connectivity index (χ0v) is 9.66. The molecule has 2 N–H and O–H groups in total. The van der Waals surface area contributed by atoms with Crippen molar-refractivity contribution in [2.24, 2.45) is 0 Å². The van der Waals surface area contributed by atoms with Crippen molar-refractivity contribution in [2.75, 3.05) is 11.5 Å². The lowest BCUT2D eigenvalue weighted by molar-refractivity contribution is 0.0935. The Morgan fingerprint density at radius 2 is 2.24 bits per heavy atom. The summed E-state index contributed by atoms with van der Waals surface area (Å²) in [7, 11) is -3.02. The molecule has 1 aromatic heterocycles. The molecule has 2 rings (SSSR count). The summed E-state index contributed by atoms with van der Waals surface area (Å²) in [5, 5.41) is 8.26. The van der Waals surface area contributed by atoms with Gasteiger partial charge in [-0.2, -0.15) is 5.10 Å². The predicted octanol–water partition coefficient (Wildman–Crippen LogP) is -1.31. The average Bonchev–Trinajstić information content (AvgIpc) is 2.59. The molecule has 92 valence electrons. The van der Waals surface area contributed by atoms with E-state index in [4.69, 9.17) is 0 Å². The highest BCUT2D eigenvalue weighted by atomic mass is 32.2. The lowest BCUT2D eigenvalue weighted by atomic mass is 10.2. The number of nitrogens with one attached hydrogen (secondary N) is 2. The number of carbonyl (C=O) groups excluding carboxylic acids is 1. The minimum atomic E-state index is -3.02. The highest BCUT2D eigenvalue weighted by molar-refractivity contribution is 7.91. The Hall–Kier alpha value is -1.70. The van der Waals surface area contributed by atoms with Gasteiger partial charge in [0.25, 0.3) is 11.5 Å². The second kappa shape index (κ2) is 4.28. The number of amides is 1. The summed E-state index contributed by atoms with van der Waals surface area (Å²) in [6.45, 7) is 0. The van der Waals surface area contributed by atoms with Gasteiger partial charge in [-0.05, 0) is 12.5 Å². The topological polar surface area (TPSA) is 109 Å². The fraction of sp³-hybridized carbons (Fsp3) is 0.444. The Morgan fingerprint density at radius 3 is 2.76 bits per heavy atom. The molecule has 2 heterocycles. The molecule has 0 aromatic carbocycles. The molecule has 1 aromatic rings. The molecule has 0 aliphatic carbocycles. The van der Waals surface area contributed by atoms with Crippen LogP contribution in [0.25, 0.3) is 0 Å². The molecule has 8 heteroatoms. The summed E-state index contributed by atoms with van der Waals surface area (Å²) in [6, 6.07) is 2.10. The lowest BCUT2D eigenvalue weighted by Gasteiger charge is -2.09. The molecule has 1 fully saturated rings. The summed E-state index contributed by atoms with van der Waals surface area (Å²) < 4.78 is 22.4. The van der Waals surface area contributed by atoms with Crippen molar-refractivity contribution in [3.05, 3.63) is 28.2 Å². The minimum absolute atomic E-state index is 0.0396. The van der Waals surface area contributed by atoms with Crippen LogP contribution in [-0.2, 0) is 9.84 Å². The number of hydrogen-bond donors (Lipinski definition) is 2. The standard InChI is InChI=1S/C9H11N3O4S/c13-8-2-1-7(11-12-8)9(14)10-6-3-4-17(15,16)5-6/h1-2,6H,3-5H2,(H,10,14)(H,12,13)/t6-/m1/s1. The second-order valence-electron chi connectivity index (χ2n) is 3.88. The largest absolute Gasteiger partial charge is 0.347 e. The Kier molecular flexibility index (Phi) is 2.97. The predicted molar refractivity (Wildman–Crippen MR) is 59.4 cm³/mol. The Bertz CT molecular complexity index is 572. The number of aromatic nitrogens is 2. The first kappa shape index (κ1) is 11.8. The third kappa shape index (κ3) is 2.90. The van der Waals surface area contributed by atoms with Crippen LogP contribution in [0.15, 0.2) is 16.9 Å². The van der Waals surface area contributed by atoms with Gasteiger partial charge < -0.3 is 5.32 Å². The molecule has 0 bridgehead atoms. The molecule has 1 atom stereocenters. The fourth-order valence-electron chi connectivity index (χ4n) is 1.64. The van der Waals surface area contributed by atoms with E-state index in [-0.39, 0.29) is 23.2 Å². The molecule has 1 aliphatic heterocycles. The summed E-state index contributed by atoms with van der Waals surface area (Å²) in [5.74, 6) is -0.428. The second-order valence-corrected chi connectivity index (χ2v) is 6.11. The zero-order valence-electron chi connectivity index (χ0n) is 8.84. The van der Waals surface area contributed by atoms with Gasteiger partial charge in [0.15, 0.2) is 9.84 Å². The number of rotatable bonds is 2. The van der Waals surface area contributed by atoms with Gasteiger partial charge in [-0.15, -0.1) is 0 Å². The van der Waals surface area contributed by atoms with E-state index in [1.165, 1.54) is 12.1 Å². The smallest absolute Gasteiger partial charge is 0.271 e. The quantitative estimate of drug-likeness (QED) is 0.683. The summed E-state index contributed by atoms with van der Waals surface area (Å²) in [4.78, 5) is 22.4. The first-order valence-electron chi connectivity index (χ1n) is 5.03. The maximum Gasteiger partial charge on any atom is 0.271 e. The van der Waals surface area contributed by atoms with Crippen LogP contribution in [0.4, 0.5) is 0 Å². The number of aromatic amines is 1. The highest BCUT2D eigenvalue weighted by Crippen LogP contribution is 2.11. The van der Waals surface area contributed by atoms with Crippen molar-refractivity contribution in [1.82, 2.24) is 15.5 Å². The van der Waals surface area contributed by atoms with E-state index < -0.39 is 21.3 Å². The summed E-state index contributed by atoms with van der Waals surface area (Å²) in [6.07, 6.45) is 0.414. The Balaban J connectivity index is 2.03. The first-order valence-corrected chi connectivity index (χ1v) is 6.85. The molecule has 17 heavy (non-hydrogen) atoms. The van der Waals surface area contributed by atoms with Gasteiger partial charge in [-0.3, -0.25) is 9.59 Å². The maximum absolute atomic E-state index is 11.6.